The molecule has 27 heavy (non-hydrogen) atoms. The van der Waals surface area contributed by atoms with Gasteiger partial charge in [0.05, 0.1) is 17.1 Å². The molecule has 1 heterocycles. The summed E-state index contributed by atoms with van der Waals surface area (Å²) in [5.41, 5.74) is 2.48. The number of esters is 1. The van der Waals surface area contributed by atoms with E-state index < -0.39 is 15.8 Å². The number of benzene rings is 1. The lowest BCUT2D eigenvalue weighted by molar-refractivity contribution is -0.139. The summed E-state index contributed by atoms with van der Waals surface area (Å²) in [6.07, 6.45) is 4.31. The molecule has 148 valence electrons. The molecule has 7 heteroatoms. The predicted octanol–water partition coefficient (Wildman–Crippen LogP) is 2.42. The van der Waals surface area contributed by atoms with Crippen molar-refractivity contribution in [3.05, 3.63) is 34.9 Å². The molecule has 2 fully saturated rings. The average Bonchev–Trinajstić information content (AvgIpc) is 3.25. The first-order valence-corrected chi connectivity index (χ1v) is 11.3. The summed E-state index contributed by atoms with van der Waals surface area (Å²) in [6, 6.07) is 5.04. The molecule has 1 aromatic carbocycles. The molecule has 1 saturated heterocycles. The minimum absolute atomic E-state index is 0.0142. The van der Waals surface area contributed by atoms with Crippen LogP contribution in [-0.4, -0.2) is 55.4 Å². The predicted molar refractivity (Wildman–Crippen MR) is 102 cm³/mol. The van der Waals surface area contributed by atoms with Crippen molar-refractivity contribution >= 4 is 21.7 Å². The zero-order valence-electron chi connectivity index (χ0n) is 15.9. The highest BCUT2D eigenvalue weighted by atomic mass is 32.2. The Kier molecular flexibility index (Phi) is 5.89. The maximum absolute atomic E-state index is 12.8. The second kappa shape index (κ2) is 8.00. The fraction of sp³-hybridized carbons (Fsp3) is 0.600. The van der Waals surface area contributed by atoms with E-state index in [0.717, 1.165) is 36.8 Å². The number of amides is 1. The molecule has 1 atom stereocenters. The third kappa shape index (κ3) is 4.69. The molecular formula is C20H27NO5S. The van der Waals surface area contributed by atoms with Crippen LogP contribution in [0.15, 0.2) is 18.2 Å². The van der Waals surface area contributed by atoms with Crippen LogP contribution in [0.2, 0.25) is 0 Å². The third-order valence-corrected chi connectivity index (χ3v) is 7.43. The summed E-state index contributed by atoms with van der Waals surface area (Å²) < 4.78 is 29.0. The number of ether oxygens (including phenoxy) is 1. The van der Waals surface area contributed by atoms with Crippen LogP contribution in [0.5, 0.6) is 0 Å². The van der Waals surface area contributed by atoms with Gasteiger partial charge in [0.1, 0.15) is 0 Å². The summed E-state index contributed by atoms with van der Waals surface area (Å²) in [5.74, 6) is -0.685. The van der Waals surface area contributed by atoms with Gasteiger partial charge in [-0.25, -0.2) is 13.2 Å². The van der Waals surface area contributed by atoms with Crippen LogP contribution in [0.1, 0.15) is 53.6 Å². The van der Waals surface area contributed by atoms with Crippen LogP contribution in [-0.2, 0) is 19.4 Å². The van der Waals surface area contributed by atoms with Gasteiger partial charge in [0.15, 0.2) is 16.4 Å². The van der Waals surface area contributed by atoms with Gasteiger partial charge < -0.3 is 9.64 Å². The van der Waals surface area contributed by atoms with Gasteiger partial charge >= 0.3 is 5.97 Å². The van der Waals surface area contributed by atoms with E-state index in [1.54, 1.807) is 17.0 Å². The van der Waals surface area contributed by atoms with Crippen LogP contribution in [0.25, 0.3) is 0 Å². The zero-order chi connectivity index (χ0) is 19.6. The van der Waals surface area contributed by atoms with Gasteiger partial charge in [-0.2, -0.15) is 0 Å². The highest BCUT2D eigenvalue weighted by Crippen LogP contribution is 2.29. The van der Waals surface area contributed by atoms with Crippen LogP contribution in [0.3, 0.4) is 0 Å². The molecule has 0 aromatic heterocycles. The molecule has 0 radical (unpaired) electrons. The maximum Gasteiger partial charge on any atom is 0.338 e. The molecule has 1 aliphatic heterocycles. The molecule has 3 rings (SSSR count). The van der Waals surface area contributed by atoms with Crippen molar-refractivity contribution < 1.29 is 22.7 Å². The highest BCUT2D eigenvalue weighted by Gasteiger charge is 2.39. The van der Waals surface area contributed by atoms with Crippen LogP contribution in [0, 0.1) is 13.8 Å². The van der Waals surface area contributed by atoms with Crippen molar-refractivity contribution in [2.45, 2.75) is 58.0 Å². The molecule has 1 amide bonds. The second-order valence-electron chi connectivity index (χ2n) is 7.67. The van der Waals surface area contributed by atoms with Gasteiger partial charge in [-0.15, -0.1) is 0 Å². The Bertz CT molecular complexity index is 827. The van der Waals surface area contributed by atoms with Crippen LogP contribution in [0.4, 0.5) is 0 Å². The molecule has 1 aliphatic carbocycles. The fourth-order valence-corrected chi connectivity index (χ4v) is 5.75. The first-order chi connectivity index (χ1) is 12.8. The van der Waals surface area contributed by atoms with E-state index in [-0.39, 0.29) is 36.1 Å². The Hall–Kier alpha value is -1.89. The van der Waals surface area contributed by atoms with Gasteiger partial charge in [-0.1, -0.05) is 18.9 Å². The SMILES string of the molecule is Cc1ccc(C(=O)OCC(=O)N(C2CCCC2)C2CCS(=O)(=O)C2)cc1C. The topological polar surface area (TPSA) is 80.8 Å². The first-order valence-electron chi connectivity index (χ1n) is 9.53. The number of carbonyl (C=O) groups is 2. The largest absolute Gasteiger partial charge is 0.452 e. The molecule has 1 aromatic rings. The van der Waals surface area contributed by atoms with Crippen LogP contribution >= 0.6 is 0 Å². The second-order valence-corrected chi connectivity index (χ2v) is 9.90. The van der Waals surface area contributed by atoms with Crippen molar-refractivity contribution in [3.63, 3.8) is 0 Å². The van der Waals surface area contributed by atoms with Crippen LogP contribution < -0.4 is 0 Å². The number of aryl methyl sites for hydroxylation is 2. The maximum atomic E-state index is 12.8. The highest BCUT2D eigenvalue weighted by molar-refractivity contribution is 7.91. The molecule has 0 bridgehead atoms. The van der Waals surface area contributed by atoms with Crippen molar-refractivity contribution in [2.75, 3.05) is 18.1 Å². The summed E-state index contributed by atoms with van der Waals surface area (Å²) >= 11 is 0. The van der Waals surface area contributed by atoms with E-state index in [1.807, 2.05) is 19.9 Å². The molecule has 1 saturated carbocycles. The Labute approximate surface area is 160 Å². The molecule has 2 aliphatic rings. The van der Waals surface area contributed by atoms with Crippen molar-refractivity contribution in [3.8, 4) is 0 Å². The number of sulfone groups is 1. The summed E-state index contributed by atoms with van der Waals surface area (Å²) in [6.45, 7) is 3.53. The Morgan fingerprint density at radius 1 is 1.07 bits per heavy atom. The molecular weight excluding hydrogens is 366 g/mol. The lowest BCUT2D eigenvalue weighted by Gasteiger charge is -2.33. The van der Waals surface area contributed by atoms with Gasteiger partial charge in [0.2, 0.25) is 0 Å². The Morgan fingerprint density at radius 3 is 2.37 bits per heavy atom. The first kappa shape index (κ1) is 19.9. The van der Waals surface area contributed by atoms with E-state index in [9.17, 15) is 18.0 Å². The van der Waals surface area contributed by atoms with Crippen molar-refractivity contribution in [2.24, 2.45) is 0 Å². The Morgan fingerprint density at radius 2 is 1.78 bits per heavy atom. The van der Waals surface area contributed by atoms with Crippen molar-refractivity contribution in [1.29, 1.82) is 0 Å². The average molecular weight is 394 g/mol. The number of carbonyl (C=O) groups excluding carboxylic acids is 2. The smallest absolute Gasteiger partial charge is 0.338 e. The number of hydrogen-bond donors (Lipinski definition) is 0. The molecule has 1 unspecified atom stereocenters. The van der Waals surface area contributed by atoms with E-state index in [2.05, 4.69) is 0 Å². The van der Waals surface area contributed by atoms with E-state index in [4.69, 9.17) is 4.74 Å². The van der Waals surface area contributed by atoms with Gasteiger partial charge in [0.25, 0.3) is 5.91 Å². The minimum Gasteiger partial charge on any atom is -0.452 e. The lowest BCUT2D eigenvalue weighted by Crippen LogP contribution is -2.48. The molecule has 0 N–H and O–H groups in total. The van der Waals surface area contributed by atoms with Gasteiger partial charge in [-0.3, -0.25) is 4.79 Å². The monoisotopic (exact) mass is 393 g/mol. The standard InChI is InChI=1S/C20H27NO5S/c1-14-7-8-16(11-15(14)2)20(23)26-12-19(22)21(17-5-3-4-6-17)18-9-10-27(24,25)13-18/h7-8,11,17-18H,3-6,9-10,12-13H2,1-2H3. The summed E-state index contributed by atoms with van der Waals surface area (Å²) in [7, 11) is -3.09. The van der Waals surface area contributed by atoms with E-state index >= 15 is 0 Å². The number of rotatable bonds is 5. The fourth-order valence-electron chi connectivity index (χ4n) is 4.04. The van der Waals surface area contributed by atoms with E-state index in [0.29, 0.717) is 12.0 Å². The zero-order valence-corrected chi connectivity index (χ0v) is 16.8. The Balaban J connectivity index is 1.67. The summed E-state index contributed by atoms with van der Waals surface area (Å²) in [4.78, 5) is 26.8. The van der Waals surface area contributed by atoms with Gasteiger partial charge in [-0.05, 0) is 56.4 Å². The lowest BCUT2D eigenvalue weighted by atomic mass is 10.1. The van der Waals surface area contributed by atoms with E-state index in [1.165, 1.54) is 0 Å². The minimum atomic E-state index is -3.09. The summed E-state index contributed by atoms with van der Waals surface area (Å²) in [5, 5.41) is 0. The molecule has 0 spiro atoms. The third-order valence-electron chi connectivity index (χ3n) is 5.68. The van der Waals surface area contributed by atoms with Crippen molar-refractivity contribution in [1.82, 2.24) is 4.90 Å². The quantitative estimate of drug-likeness (QED) is 0.718. The molecule has 6 nitrogen and oxygen atoms in total. The number of hydrogen-bond acceptors (Lipinski definition) is 5. The normalized spacial score (nSPS) is 21.9. The van der Waals surface area contributed by atoms with Gasteiger partial charge in [0, 0.05) is 12.1 Å². The number of nitrogens with zero attached hydrogens (tertiary/aromatic N) is 1.